The third-order valence-corrected chi connectivity index (χ3v) is 4.26. The first-order chi connectivity index (χ1) is 10.7. The smallest absolute Gasteiger partial charge is 0.232 e. The van der Waals surface area contributed by atoms with Gasteiger partial charge in [-0.25, -0.2) is 0 Å². The van der Waals surface area contributed by atoms with Crippen LogP contribution in [0.3, 0.4) is 0 Å². The second kappa shape index (κ2) is 7.03. The van der Waals surface area contributed by atoms with Gasteiger partial charge in [0.05, 0.1) is 24.8 Å². The Morgan fingerprint density at radius 2 is 2.09 bits per heavy atom. The number of anilines is 1. The Morgan fingerprint density at radius 3 is 2.73 bits per heavy atom. The highest BCUT2D eigenvalue weighted by Gasteiger charge is 2.29. The van der Waals surface area contributed by atoms with Gasteiger partial charge in [0.1, 0.15) is 0 Å². The summed E-state index contributed by atoms with van der Waals surface area (Å²) in [6.45, 7) is 1.64. The molecule has 1 aliphatic rings. The molecule has 1 aromatic heterocycles. The largest absolute Gasteiger partial charge is 0.381 e. The SMILES string of the molecule is O=C(C1CCOC1)N(Cc1ccccn1)c1ccc(Br)cc1. The number of rotatable bonds is 4. The lowest BCUT2D eigenvalue weighted by Gasteiger charge is -2.25. The molecule has 5 heteroatoms. The predicted octanol–water partition coefficient (Wildman–Crippen LogP) is 3.41. The Bertz CT molecular complexity index is 625. The van der Waals surface area contributed by atoms with Crippen LogP contribution in [0.5, 0.6) is 0 Å². The lowest BCUT2D eigenvalue weighted by Crippen LogP contribution is -2.36. The van der Waals surface area contributed by atoms with E-state index in [0.717, 1.165) is 22.3 Å². The number of nitrogens with zero attached hydrogens (tertiary/aromatic N) is 2. The Morgan fingerprint density at radius 1 is 1.27 bits per heavy atom. The normalized spacial score (nSPS) is 17.4. The van der Waals surface area contributed by atoms with Gasteiger partial charge >= 0.3 is 0 Å². The number of carbonyl (C=O) groups is 1. The number of benzene rings is 1. The first-order valence-corrected chi connectivity index (χ1v) is 8.08. The van der Waals surface area contributed by atoms with E-state index in [4.69, 9.17) is 4.74 Å². The zero-order chi connectivity index (χ0) is 15.4. The van der Waals surface area contributed by atoms with Gasteiger partial charge < -0.3 is 9.64 Å². The lowest BCUT2D eigenvalue weighted by molar-refractivity contribution is -0.122. The van der Waals surface area contributed by atoms with E-state index in [1.165, 1.54) is 0 Å². The zero-order valence-corrected chi connectivity index (χ0v) is 13.7. The zero-order valence-electron chi connectivity index (χ0n) is 12.1. The minimum absolute atomic E-state index is 0.0626. The van der Waals surface area contributed by atoms with Crippen molar-refractivity contribution in [1.82, 2.24) is 4.98 Å². The molecule has 4 nitrogen and oxygen atoms in total. The maximum Gasteiger partial charge on any atom is 0.232 e. The number of aromatic nitrogens is 1. The monoisotopic (exact) mass is 360 g/mol. The molecule has 114 valence electrons. The molecule has 1 amide bonds. The van der Waals surface area contributed by atoms with Gasteiger partial charge in [-0.1, -0.05) is 22.0 Å². The molecule has 1 fully saturated rings. The first kappa shape index (κ1) is 15.2. The van der Waals surface area contributed by atoms with E-state index in [1.54, 1.807) is 11.1 Å². The third-order valence-electron chi connectivity index (χ3n) is 3.73. The van der Waals surface area contributed by atoms with Crippen LogP contribution in [0.1, 0.15) is 12.1 Å². The molecule has 0 saturated carbocycles. The molecule has 2 heterocycles. The van der Waals surface area contributed by atoms with Gasteiger partial charge in [0.25, 0.3) is 0 Å². The highest BCUT2D eigenvalue weighted by Crippen LogP contribution is 2.24. The molecule has 2 aromatic rings. The van der Waals surface area contributed by atoms with Crippen LogP contribution in [0, 0.1) is 5.92 Å². The molecular weight excluding hydrogens is 344 g/mol. The van der Waals surface area contributed by atoms with Gasteiger partial charge in [-0.2, -0.15) is 0 Å². The van der Waals surface area contributed by atoms with E-state index < -0.39 is 0 Å². The fourth-order valence-electron chi connectivity index (χ4n) is 2.52. The molecule has 0 N–H and O–H groups in total. The Kier molecular flexibility index (Phi) is 4.85. The van der Waals surface area contributed by atoms with Gasteiger partial charge in [-0.05, 0) is 42.8 Å². The number of hydrogen-bond donors (Lipinski definition) is 0. The molecule has 0 bridgehead atoms. The van der Waals surface area contributed by atoms with Crippen molar-refractivity contribution < 1.29 is 9.53 Å². The Labute approximate surface area is 138 Å². The summed E-state index contributed by atoms with van der Waals surface area (Å²) >= 11 is 3.43. The van der Waals surface area contributed by atoms with Crippen LogP contribution in [0.4, 0.5) is 5.69 Å². The van der Waals surface area contributed by atoms with Crippen molar-refractivity contribution in [2.45, 2.75) is 13.0 Å². The molecule has 1 aliphatic heterocycles. The molecule has 1 atom stereocenters. The van der Waals surface area contributed by atoms with Crippen LogP contribution < -0.4 is 4.90 Å². The van der Waals surface area contributed by atoms with Crippen molar-refractivity contribution in [1.29, 1.82) is 0 Å². The van der Waals surface area contributed by atoms with Gasteiger partial charge in [-0.15, -0.1) is 0 Å². The van der Waals surface area contributed by atoms with E-state index >= 15 is 0 Å². The summed E-state index contributed by atoms with van der Waals surface area (Å²) in [5.74, 6) is 0.0397. The van der Waals surface area contributed by atoms with Crippen LogP contribution in [0.25, 0.3) is 0 Å². The number of carbonyl (C=O) groups excluding carboxylic acids is 1. The fraction of sp³-hybridized carbons (Fsp3) is 0.294. The summed E-state index contributed by atoms with van der Waals surface area (Å²) in [7, 11) is 0. The topological polar surface area (TPSA) is 42.4 Å². The number of hydrogen-bond acceptors (Lipinski definition) is 3. The summed E-state index contributed by atoms with van der Waals surface area (Å²) in [4.78, 5) is 19.0. The van der Waals surface area contributed by atoms with Crippen LogP contribution in [-0.4, -0.2) is 24.1 Å². The summed E-state index contributed by atoms with van der Waals surface area (Å²) in [5.41, 5.74) is 1.75. The first-order valence-electron chi connectivity index (χ1n) is 7.28. The molecule has 0 aliphatic carbocycles. The highest BCUT2D eigenvalue weighted by molar-refractivity contribution is 9.10. The quantitative estimate of drug-likeness (QED) is 0.838. The summed E-state index contributed by atoms with van der Waals surface area (Å²) in [6.07, 6.45) is 2.53. The summed E-state index contributed by atoms with van der Waals surface area (Å²) in [5, 5.41) is 0. The lowest BCUT2D eigenvalue weighted by atomic mass is 10.1. The maximum absolute atomic E-state index is 12.8. The van der Waals surface area contributed by atoms with Gasteiger partial charge in [0, 0.05) is 23.0 Å². The van der Waals surface area contributed by atoms with E-state index in [2.05, 4.69) is 20.9 Å². The third kappa shape index (κ3) is 3.54. The molecule has 22 heavy (non-hydrogen) atoms. The Balaban J connectivity index is 1.87. The minimum atomic E-state index is -0.0626. The number of ether oxygens (including phenoxy) is 1. The molecule has 3 rings (SSSR count). The van der Waals surface area contributed by atoms with Gasteiger partial charge in [0.15, 0.2) is 0 Å². The van der Waals surface area contributed by atoms with Crippen LogP contribution in [0.15, 0.2) is 53.1 Å². The van der Waals surface area contributed by atoms with Gasteiger partial charge in [0.2, 0.25) is 5.91 Å². The molecule has 0 radical (unpaired) electrons. The molecular formula is C17H17BrN2O2. The average molecular weight is 361 g/mol. The highest BCUT2D eigenvalue weighted by atomic mass is 79.9. The average Bonchev–Trinajstić information content (AvgIpc) is 3.08. The number of amides is 1. The van der Waals surface area contributed by atoms with Crippen molar-refractivity contribution >= 4 is 27.5 Å². The summed E-state index contributed by atoms with van der Waals surface area (Å²) < 4.78 is 6.35. The molecule has 1 saturated heterocycles. The van der Waals surface area contributed by atoms with Gasteiger partial charge in [-0.3, -0.25) is 9.78 Å². The van der Waals surface area contributed by atoms with Crippen molar-refractivity contribution in [2.75, 3.05) is 18.1 Å². The number of halogens is 1. The maximum atomic E-state index is 12.8. The standard InChI is InChI=1S/C17H17BrN2O2/c18-14-4-6-16(7-5-14)20(11-15-3-1-2-9-19-15)17(21)13-8-10-22-12-13/h1-7,9,13H,8,10-12H2. The van der Waals surface area contributed by atoms with Crippen LogP contribution in [0.2, 0.25) is 0 Å². The minimum Gasteiger partial charge on any atom is -0.381 e. The second-order valence-electron chi connectivity index (χ2n) is 5.28. The van der Waals surface area contributed by atoms with Crippen LogP contribution in [-0.2, 0) is 16.1 Å². The van der Waals surface area contributed by atoms with E-state index in [-0.39, 0.29) is 11.8 Å². The van der Waals surface area contributed by atoms with Crippen LogP contribution >= 0.6 is 15.9 Å². The van der Waals surface area contributed by atoms with Crippen molar-refractivity contribution in [2.24, 2.45) is 5.92 Å². The predicted molar refractivity (Wildman–Crippen MR) is 88.5 cm³/mol. The van der Waals surface area contributed by atoms with E-state index in [9.17, 15) is 4.79 Å². The molecule has 1 aromatic carbocycles. The second-order valence-corrected chi connectivity index (χ2v) is 6.20. The Hall–Kier alpha value is -1.72. The molecule has 0 spiro atoms. The van der Waals surface area contributed by atoms with E-state index in [0.29, 0.717) is 19.8 Å². The van der Waals surface area contributed by atoms with Crippen molar-refractivity contribution in [3.63, 3.8) is 0 Å². The fourth-order valence-corrected chi connectivity index (χ4v) is 2.79. The van der Waals surface area contributed by atoms with E-state index in [1.807, 2.05) is 42.5 Å². The van der Waals surface area contributed by atoms with Crippen molar-refractivity contribution in [3.05, 3.63) is 58.8 Å². The van der Waals surface area contributed by atoms with Crippen molar-refractivity contribution in [3.8, 4) is 0 Å². The summed E-state index contributed by atoms with van der Waals surface area (Å²) in [6, 6.07) is 13.5. The molecule has 1 unspecified atom stereocenters. The number of pyridine rings is 1.